The number of halogens is 1. The van der Waals surface area contributed by atoms with E-state index >= 15 is 0 Å². The van der Waals surface area contributed by atoms with Gasteiger partial charge in [0.05, 0.1) is 19.8 Å². The van der Waals surface area contributed by atoms with Crippen LogP contribution < -0.4 is 19.7 Å². The van der Waals surface area contributed by atoms with Crippen molar-refractivity contribution in [2.24, 2.45) is 5.92 Å². The van der Waals surface area contributed by atoms with Gasteiger partial charge in [-0.05, 0) is 56.4 Å². The Morgan fingerprint density at radius 3 is 2.69 bits per heavy atom. The maximum Gasteiger partial charge on any atom is 0.317 e. The number of anilines is 1. The van der Waals surface area contributed by atoms with E-state index in [1.165, 1.54) is 0 Å². The van der Waals surface area contributed by atoms with Gasteiger partial charge in [0.25, 0.3) is 0 Å². The third-order valence-electron chi connectivity index (χ3n) is 5.33. The van der Waals surface area contributed by atoms with Gasteiger partial charge in [-0.25, -0.2) is 0 Å². The molecule has 0 radical (unpaired) electrons. The van der Waals surface area contributed by atoms with Crippen molar-refractivity contribution in [2.75, 3.05) is 18.6 Å². The molecule has 1 fully saturated rings. The lowest BCUT2D eigenvalue weighted by Gasteiger charge is -2.55. The average Bonchev–Trinajstić information content (AvgIpc) is 2.68. The number of methoxy groups -OCH3 is 1. The highest BCUT2D eigenvalue weighted by molar-refractivity contribution is 7.80. The second-order valence-corrected chi connectivity index (χ2v) is 7.83. The van der Waals surface area contributed by atoms with E-state index in [4.69, 9.17) is 38.0 Å². The highest BCUT2D eigenvalue weighted by atomic mass is 35.5. The number of benzene rings is 2. The van der Waals surface area contributed by atoms with E-state index in [0.717, 1.165) is 11.3 Å². The predicted octanol–water partition coefficient (Wildman–Crippen LogP) is 4.07. The van der Waals surface area contributed by atoms with E-state index in [9.17, 15) is 4.79 Å². The highest BCUT2D eigenvalue weighted by Crippen LogP contribution is 2.52. The fourth-order valence-corrected chi connectivity index (χ4v) is 4.64. The van der Waals surface area contributed by atoms with Crippen LogP contribution in [-0.2, 0) is 9.53 Å². The quantitative estimate of drug-likeness (QED) is 0.577. The number of carbonyl (C=O) groups excluding carboxylic acids is 1. The number of hydrogen-bond acceptors (Lipinski definition) is 5. The summed E-state index contributed by atoms with van der Waals surface area (Å²) in [6.45, 7) is 3.90. The van der Waals surface area contributed by atoms with E-state index in [0.29, 0.717) is 21.6 Å². The van der Waals surface area contributed by atoms with E-state index in [2.05, 4.69) is 5.32 Å². The smallest absolute Gasteiger partial charge is 0.317 e. The summed E-state index contributed by atoms with van der Waals surface area (Å²) in [5, 5.41) is 4.38. The van der Waals surface area contributed by atoms with Crippen LogP contribution in [0.4, 0.5) is 5.69 Å². The molecule has 3 atom stereocenters. The minimum atomic E-state index is -1.13. The molecule has 2 aromatic carbocycles. The fourth-order valence-electron chi connectivity index (χ4n) is 4.10. The zero-order valence-corrected chi connectivity index (χ0v) is 17.8. The van der Waals surface area contributed by atoms with E-state index < -0.39 is 17.7 Å². The van der Waals surface area contributed by atoms with Crippen LogP contribution in [0.3, 0.4) is 0 Å². The number of hydrogen-bond donors (Lipinski definition) is 1. The maximum atomic E-state index is 13.1. The third kappa shape index (κ3) is 3.09. The molecule has 3 unspecified atom stereocenters. The highest BCUT2D eigenvalue weighted by Gasteiger charge is 2.60. The predicted molar refractivity (Wildman–Crippen MR) is 115 cm³/mol. The molecule has 6 nitrogen and oxygen atoms in total. The van der Waals surface area contributed by atoms with E-state index in [1.807, 2.05) is 37.3 Å². The number of nitrogens with zero attached hydrogens (tertiary/aromatic N) is 1. The SMILES string of the molecule is CCOC(=O)C1C2NC(=S)N(c3ccc(Cl)cc3)C1(C)Oc1c(OC)cccc12. The van der Waals surface area contributed by atoms with Crippen LogP contribution in [0.1, 0.15) is 25.5 Å². The molecule has 152 valence electrons. The number of para-hydroxylation sites is 1. The summed E-state index contributed by atoms with van der Waals surface area (Å²) in [7, 11) is 1.59. The Balaban J connectivity index is 1.91. The summed E-state index contributed by atoms with van der Waals surface area (Å²) < 4.78 is 17.4. The zero-order chi connectivity index (χ0) is 20.8. The molecule has 1 saturated heterocycles. The van der Waals surface area contributed by atoms with Crippen molar-refractivity contribution in [3.8, 4) is 11.5 Å². The monoisotopic (exact) mass is 432 g/mol. The summed E-state index contributed by atoms with van der Waals surface area (Å²) in [6, 6.07) is 12.4. The van der Waals surface area contributed by atoms with Crippen molar-refractivity contribution in [1.82, 2.24) is 5.32 Å². The van der Waals surface area contributed by atoms with Gasteiger partial charge in [-0.3, -0.25) is 9.69 Å². The standard InChI is InChI=1S/C21H21ClN2O4S/c1-4-27-19(25)16-17-14-6-5-7-15(26-3)18(14)28-21(16,2)24(20(29)23-17)13-10-8-12(22)9-11-13/h5-11,16-17H,4H2,1-3H3,(H,23,29). The van der Waals surface area contributed by atoms with Gasteiger partial charge in [-0.15, -0.1) is 0 Å². The van der Waals surface area contributed by atoms with Crippen LogP contribution in [0.5, 0.6) is 11.5 Å². The van der Waals surface area contributed by atoms with Gasteiger partial charge in [0.2, 0.25) is 5.72 Å². The minimum Gasteiger partial charge on any atom is -0.493 e. The number of fused-ring (bicyclic) bond motifs is 4. The van der Waals surface area contributed by atoms with Crippen molar-refractivity contribution in [2.45, 2.75) is 25.6 Å². The molecule has 0 aliphatic carbocycles. The van der Waals surface area contributed by atoms with Gasteiger partial charge in [0.15, 0.2) is 16.6 Å². The first kappa shape index (κ1) is 19.8. The molecule has 2 heterocycles. The number of rotatable bonds is 4. The zero-order valence-electron chi connectivity index (χ0n) is 16.3. The molecule has 0 saturated carbocycles. The minimum absolute atomic E-state index is 0.272. The van der Waals surface area contributed by atoms with Gasteiger partial charge in [0, 0.05) is 16.3 Å². The van der Waals surface area contributed by atoms with Gasteiger partial charge < -0.3 is 19.5 Å². The number of thiocarbonyl (C=S) groups is 1. The van der Waals surface area contributed by atoms with Crippen molar-refractivity contribution in [1.29, 1.82) is 0 Å². The molecular formula is C21H21ClN2O4S. The molecule has 29 heavy (non-hydrogen) atoms. The Hall–Kier alpha value is -2.51. The second-order valence-electron chi connectivity index (χ2n) is 7.00. The Bertz CT molecular complexity index is 968. The number of ether oxygens (including phenoxy) is 3. The van der Waals surface area contributed by atoms with Crippen LogP contribution in [-0.4, -0.2) is 30.5 Å². The van der Waals surface area contributed by atoms with Crippen LogP contribution in [0.15, 0.2) is 42.5 Å². The Labute approximate surface area is 179 Å². The molecule has 4 rings (SSSR count). The largest absolute Gasteiger partial charge is 0.493 e. The first-order valence-electron chi connectivity index (χ1n) is 9.29. The van der Waals surface area contributed by atoms with Gasteiger partial charge in [0.1, 0.15) is 5.92 Å². The molecule has 2 bridgehead atoms. The number of carbonyl (C=O) groups is 1. The molecule has 8 heteroatoms. The summed E-state index contributed by atoms with van der Waals surface area (Å²) in [6.07, 6.45) is 0. The normalized spacial score (nSPS) is 24.8. The summed E-state index contributed by atoms with van der Waals surface area (Å²) in [4.78, 5) is 14.9. The number of esters is 1. The van der Waals surface area contributed by atoms with Gasteiger partial charge in [-0.2, -0.15) is 0 Å². The summed E-state index contributed by atoms with van der Waals surface area (Å²) in [5.41, 5.74) is 0.424. The third-order valence-corrected chi connectivity index (χ3v) is 5.89. The van der Waals surface area contributed by atoms with E-state index in [-0.39, 0.29) is 12.6 Å². The molecule has 0 spiro atoms. The van der Waals surface area contributed by atoms with Gasteiger partial charge >= 0.3 is 5.97 Å². The Morgan fingerprint density at radius 2 is 2.03 bits per heavy atom. The average molecular weight is 433 g/mol. The first-order valence-corrected chi connectivity index (χ1v) is 10.1. The molecule has 2 aromatic rings. The van der Waals surface area contributed by atoms with Crippen molar-refractivity contribution in [3.63, 3.8) is 0 Å². The van der Waals surface area contributed by atoms with Crippen LogP contribution >= 0.6 is 23.8 Å². The molecular weight excluding hydrogens is 412 g/mol. The Kier molecular flexibility index (Phi) is 5.04. The molecule has 1 N–H and O–H groups in total. The molecule has 2 aliphatic rings. The topological polar surface area (TPSA) is 60.0 Å². The van der Waals surface area contributed by atoms with Gasteiger partial charge in [-0.1, -0.05) is 23.7 Å². The molecule has 0 aromatic heterocycles. The van der Waals surface area contributed by atoms with Crippen LogP contribution in [0, 0.1) is 5.92 Å². The Morgan fingerprint density at radius 1 is 1.31 bits per heavy atom. The van der Waals surface area contributed by atoms with Crippen molar-refractivity contribution < 1.29 is 19.0 Å². The van der Waals surface area contributed by atoms with Crippen molar-refractivity contribution >= 4 is 40.6 Å². The maximum absolute atomic E-state index is 13.1. The van der Waals surface area contributed by atoms with Crippen LogP contribution in [0.25, 0.3) is 0 Å². The lowest BCUT2D eigenvalue weighted by molar-refractivity contribution is -0.159. The number of nitrogens with one attached hydrogen (secondary N) is 1. The lowest BCUT2D eigenvalue weighted by atomic mass is 9.79. The second kappa shape index (κ2) is 7.39. The summed E-state index contributed by atoms with van der Waals surface area (Å²) >= 11 is 11.7. The summed E-state index contributed by atoms with van der Waals surface area (Å²) in [5.74, 6) is 0.149. The van der Waals surface area contributed by atoms with Crippen molar-refractivity contribution in [3.05, 3.63) is 53.1 Å². The lowest BCUT2D eigenvalue weighted by Crippen LogP contribution is -2.71. The van der Waals surface area contributed by atoms with E-state index in [1.54, 1.807) is 31.1 Å². The first-order chi connectivity index (χ1) is 13.9. The molecule has 0 amide bonds. The van der Waals surface area contributed by atoms with Crippen LogP contribution in [0.2, 0.25) is 5.02 Å². The molecule has 2 aliphatic heterocycles. The fraction of sp³-hybridized carbons (Fsp3) is 0.333.